The summed E-state index contributed by atoms with van der Waals surface area (Å²) in [7, 11) is 2.21. The molecule has 0 saturated carbocycles. The molecule has 4 rings (SSSR count). The molecule has 0 bridgehead atoms. The van der Waals surface area contributed by atoms with Crippen LogP contribution in [0.4, 0.5) is 16.4 Å². The number of hydrogen-bond donors (Lipinski definition) is 1. The highest BCUT2D eigenvalue weighted by atomic mass is 32.1. The van der Waals surface area contributed by atoms with Crippen LogP contribution in [0.2, 0.25) is 0 Å². The number of esters is 1. The van der Waals surface area contributed by atoms with Crippen LogP contribution in [0, 0.1) is 6.92 Å². The SMILES string of the molecule is CCCCCCCCC=CCCCCCCCC(=O)OC[N+]1(C)CCN(C2=Nc3ccccc3Nc3sc(C)cc32)CC1. The van der Waals surface area contributed by atoms with Crippen molar-refractivity contribution >= 4 is 39.5 Å². The van der Waals surface area contributed by atoms with E-state index in [0.717, 1.165) is 65.7 Å². The predicted octanol–water partition coefficient (Wildman–Crippen LogP) is 9.49. The number of para-hydroxylation sites is 2. The zero-order valence-corrected chi connectivity index (χ0v) is 27.9. The van der Waals surface area contributed by atoms with Crippen molar-refractivity contribution in [3.05, 3.63) is 52.9 Å². The first-order valence-corrected chi connectivity index (χ1v) is 17.7. The van der Waals surface area contributed by atoms with Gasteiger partial charge in [-0.1, -0.05) is 82.6 Å². The minimum atomic E-state index is -0.0476. The minimum absolute atomic E-state index is 0.0476. The van der Waals surface area contributed by atoms with Gasteiger partial charge in [0.15, 0.2) is 0 Å². The Balaban J connectivity index is 1.08. The smallest absolute Gasteiger partial charge is 0.310 e. The van der Waals surface area contributed by atoms with Gasteiger partial charge in [-0.3, -0.25) is 9.28 Å². The average Bonchev–Trinajstić information content (AvgIpc) is 3.30. The van der Waals surface area contributed by atoms with Gasteiger partial charge in [-0.05, 0) is 57.2 Å². The molecule has 0 atom stereocenters. The van der Waals surface area contributed by atoms with Crippen molar-refractivity contribution in [2.45, 2.75) is 104 Å². The summed E-state index contributed by atoms with van der Waals surface area (Å²) in [5, 5.41) is 4.76. The third-order valence-electron chi connectivity index (χ3n) is 8.77. The standard InChI is InChI=1S/C36H55N4O2S/c1-4-5-6-7-8-9-10-11-12-13-14-15-16-17-18-23-34(41)42-29-40(3)26-24-39(25-27-40)35-31-28-30(2)43-36(31)38-33-22-20-19-21-32(33)37-35/h11-12,19-22,28,38H,4-10,13-18,23-27,29H2,1-3H3/q+1. The van der Waals surface area contributed by atoms with Crippen molar-refractivity contribution in [3.8, 4) is 0 Å². The molecule has 2 aliphatic heterocycles. The van der Waals surface area contributed by atoms with Crippen LogP contribution in [0.1, 0.15) is 107 Å². The van der Waals surface area contributed by atoms with Gasteiger partial charge < -0.3 is 15.0 Å². The van der Waals surface area contributed by atoms with Crippen molar-refractivity contribution in [1.82, 2.24) is 4.90 Å². The van der Waals surface area contributed by atoms with E-state index in [-0.39, 0.29) is 5.97 Å². The summed E-state index contributed by atoms with van der Waals surface area (Å²) in [6.07, 6.45) is 21.7. The molecule has 236 valence electrons. The van der Waals surface area contributed by atoms with Gasteiger partial charge in [0.05, 0.1) is 50.2 Å². The highest BCUT2D eigenvalue weighted by Crippen LogP contribution is 2.39. The molecule has 43 heavy (non-hydrogen) atoms. The van der Waals surface area contributed by atoms with E-state index in [1.54, 1.807) is 11.3 Å². The number of carbonyl (C=O) groups is 1. The maximum atomic E-state index is 12.5. The summed E-state index contributed by atoms with van der Waals surface area (Å²) in [4.78, 5) is 21.3. The first kappa shape index (κ1) is 33.3. The van der Waals surface area contributed by atoms with E-state index in [1.165, 1.54) is 81.1 Å². The van der Waals surface area contributed by atoms with Crippen LogP contribution < -0.4 is 5.32 Å². The third kappa shape index (κ3) is 10.8. The fourth-order valence-corrected chi connectivity index (χ4v) is 6.84. The van der Waals surface area contributed by atoms with E-state index in [2.05, 4.69) is 67.5 Å². The molecule has 0 aliphatic carbocycles. The lowest BCUT2D eigenvalue weighted by Gasteiger charge is -2.42. The van der Waals surface area contributed by atoms with Crippen LogP contribution in [0.15, 0.2) is 47.5 Å². The number of thiophene rings is 1. The fourth-order valence-electron chi connectivity index (χ4n) is 5.92. The number of allylic oxidation sites excluding steroid dienone is 2. The number of ether oxygens (including phenoxy) is 1. The topological polar surface area (TPSA) is 53.9 Å². The number of amidine groups is 1. The number of likely N-dealkylation sites (N-methyl/N-ethyl adjacent to an activating group) is 1. The van der Waals surface area contributed by atoms with Crippen molar-refractivity contribution in [2.75, 3.05) is 45.3 Å². The van der Waals surface area contributed by atoms with Crippen molar-refractivity contribution in [2.24, 2.45) is 4.99 Å². The number of aryl methyl sites for hydroxylation is 1. The lowest BCUT2D eigenvalue weighted by molar-refractivity contribution is -0.929. The summed E-state index contributed by atoms with van der Waals surface area (Å²) in [6.45, 7) is 8.50. The molecule has 6 nitrogen and oxygen atoms in total. The van der Waals surface area contributed by atoms with E-state index in [0.29, 0.717) is 13.2 Å². The molecule has 3 heterocycles. The van der Waals surface area contributed by atoms with Crippen molar-refractivity contribution in [3.63, 3.8) is 0 Å². The summed E-state index contributed by atoms with van der Waals surface area (Å²) in [6, 6.07) is 10.5. The Bertz CT molecular complexity index is 1200. The maximum Gasteiger partial charge on any atom is 0.310 e. The normalized spacial score (nSPS) is 15.9. The van der Waals surface area contributed by atoms with Crippen LogP contribution in [-0.2, 0) is 9.53 Å². The Kier molecular flexibility index (Phi) is 13.6. The zero-order valence-electron chi connectivity index (χ0n) is 27.0. The number of nitrogens with one attached hydrogen (secondary N) is 1. The average molecular weight is 608 g/mol. The van der Waals surface area contributed by atoms with Crippen LogP contribution >= 0.6 is 11.3 Å². The number of unbranched alkanes of at least 4 members (excludes halogenated alkanes) is 11. The van der Waals surface area contributed by atoms with Gasteiger partial charge in [0.2, 0.25) is 6.73 Å². The van der Waals surface area contributed by atoms with E-state index >= 15 is 0 Å². The quantitative estimate of drug-likeness (QED) is 0.0842. The van der Waals surface area contributed by atoms with E-state index in [9.17, 15) is 4.79 Å². The molecule has 2 aromatic rings. The molecule has 1 N–H and O–H groups in total. The van der Waals surface area contributed by atoms with Gasteiger partial charge >= 0.3 is 5.97 Å². The van der Waals surface area contributed by atoms with Gasteiger partial charge in [-0.2, -0.15) is 0 Å². The van der Waals surface area contributed by atoms with E-state index < -0.39 is 0 Å². The van der Waals surface area contributed by atoms with Crippen molar-refractivity contribution in [1.29, 1.82) is 0 Å². The minimum Gasteiger partial charge on any atom is -0.415 e. The molecule has 1 saturated heterocycles. The largest absolute Gasteiger partial charge is 0.415 e. The van der Waals surface area contributed by atoms with Crippen LogP contribution in [0.3, 0.4) is 0 Å². The lowest BCUT2D eigenvalue weighted by atomic mass is 10.1. The van der Waals surface area contributed by atoms with E-state index in [1.807, 2.05) is 6.07 Å². The first-order chi connectivity index (χ1) is 21.0. The van der Waals surface area contributed by atoms with Gasteiger partial charge in [0, 0.05) is 11.3 Å². The van der Waals surface area contributed by atoms with Gasteiger partial charge in [-0.15, -0.1) is 11.3 Å². The summed E-state index contributed by atoms with van der Waals surface area (Å²) in [5.74, 6) is 0.998. The molecule has 7 heteroatoms. The molecular weight excluding hydrogens is 552 g/mol. The van der Waals surface area contributed by atoms with Crippen molar-refractivity contribution < 1.29 is 14.0 Å². The number of nitrogens with zero attached hydrogens (tertiary/aromatic N) is 3. The Morgan fingerprint density at radius 1 is 0.977 bits per heavy atom. The molecule has 1 fully saturated rings. The molecule has 0 spiro atoms. The first-order valence-electron chi connectivity index (χ1n) is 16.9. The number of quaternary nitrogens is 1. The lowest BCUT2D eigenvalue weighted by Crippen LogP contribution is -2.59. The summed E-state index contributed by atoms with van der Waals surface area (Å²) in [5.41, 5.74) is 3.21. The summed E-state index contributed by atoms with van der Waals surface area (Å²) >= 11 is 1.78. The molecule has 2 aliphatic rings. The fraction of sp³-hybridized carbons (Fsp3) is 0.611. The predicted molar refractivity (Wildman–Crippen MR) is 183 cm³/mol. The van der Waals surface area contributed by atoms with Crippen LogP contribution in [0.25, 0.3) is 0 Å². The number of rotatable bonds is 17. The number of carbonyl (C=O) groups excluding carboxylic acids is 1. The second-order valence-electron chi connectivity index (χ2n) is 12.7. The molecule has 0 unspecified atom stereocenters. The number of aliphatic imine (C=N–C) groups is 1. The third-order valence-corrected chi connectivity index (χ3v) is 9.74. The number of piperazine rings is 1. The zero-order chi connectivity index (χ0) is 30.3. The number of fused-ring (bicyclic) bond motifs is 2. The Hall–Kier alpha value is -2.64. The van der Waals surface area contributed by atoms with Crippen LogP contribution in [0.5, 0.6) is 0 Å². The van der Waals surface area contributed by atoms with Gasteiger partial charge in [0.1, 0.15) is 10.8 Å². The maximum absolute atomic E-state index is 12.5. The highest BCUT2D eigenvalue weighted by Gasteiger charge is 2.33. The Morgan fingerprint density at radius 3 is 2.35 bits per heavy atom. The molecule has 1 aromatic carbocycles. The van der Waals surface area contributed by atoms with Gasteiger partial charge in [-0.25, -0.2) is 4.99 Å². The second kappa shape index (κ2) is 17.6. The second-order valence-corrected chi connectivity index (χ2v) is 14.0. The molecule has 0 radical (unpaired) electrons. The number of anilines is 2. The number of hydrogen-bond acceptors (Lipinski definition) is 6. The number of benzene rings is 1. The Labute approximate surface area is 264 Å². The van der Waals surface area contributed by atoms with Crippen LogP contribution in [-0.4, -0.2) is 61.1 Å². The monoisotopic (exact) mass is 607 g/mol. The summed E-state index contributed by atoms with van der Waals surface area (Å²) < 4.78 is 6.53. The van der Waals surface area contributed by atoms with E-state index in [4.69, 9.17) is 9.73 Å². The van der Waals surface area contributed by atoms with Gasteiger partial charge in [0.25, 0.3) is 0 Å². The molecule has 1 aromatic heterocycles. The molecular formula is C36H55N4O2S+. The Morgan fingerprint density at radius 2 is 1.63 bits per heavy atom. The highest BCUT2D eigenvalue weighted by molar-refractivity contribution is 7.16. The molecule has 0 amide bonds.